The molecule has 2 N–H and O–H groups in total. The largest absolute Gasteiger partial charge is 0.464 e. The van der Waals surface area contributed by atoms with E-state index in [2.05, 4.69) is 91.0 Å². The minimum absolute atomic E-state index is 0.0651. The Labute approximate surface area is 394 Å². The molecule has 3 aromatic rings. The van der Waals surface area contributed by atoms with E-state index in [-0.39, 0.29) is 65.8 Å². The predicted octanol–water partition coefficient (Wildman–Crippen LogP) is 5.94. The van der Waals surface area contributed by atoms with Gasteiger partial charge in [0.2, 0.25) is 5.91 Å². The summed E-state index contributed by atoms with van der Waals surface area (Å²) >= 11 is 1.58. The van der Waals surface area contributed by atoms with Gasteiger partial charge in [0.05, 0.1) is 54.7 Å². The van der Waals surface area contributed by atoms with Crippen molar-refractivity contribution in [3.8, 4) is 11.3 Å². The Morgan fingerprint density at radius 2 is 1.85 bits per heavy atom. The van der Waals surface area contributed by atoms with E-state index in [1.165, 1.54) is 10.6 Å². The van der Waals surface area contributed by atoms with Crippen LogP contribution in [0, 0.1) is 23.2 Å². The van der Waals surface area contributed by atoms with Crippen molar-refractivity contribution < 1.29 is 33.3 Å². The first-order valence-corrected chi connectivity index (χ1v) is 25.4. The second-order valence-electron chi connectivity index (χ2n) is 20.0. The van der Waals surface area contributed by atoms with Crippen molar-refractivity contribution in [2.75, 3.05) is 77.4 Å². The van der Waals surface area contributed by atoms with Crippen molar-refractivity contribution in [2.45, 2.75) is 117 Å². The van der Waals surface area contributed by atoms with E-state index in [1.807, 2.05) is 13.1 Å². The first-order valence-electron chi connectivity index (χ1n) is 24.4. The normalized spacial score (nSPS) is 28.4. The first kappa shape index (κ1) is 47.0. The third kappa shape index (κ3) is 9.51. The zero-order valence-corrected chi connectivity index (χ0v) is 41.0. The number of piperazine rings is 1. The summed E-state index contributed by atoms with van der Waals surface area (Å²) in [5.74, 6) is 0.0361. The topological polar surface area (TPSA) is 152 Å². The number of carbonyl (C=O) groups excluding carboxylic acids is 3. The number of hydrogen-bond donors (Lipinski definition) is 2. The fourth-order valence-electron chi connectivity index (χ4n) is 10.5. The van der Waals surface area contributed by atoms with Crippen LogP contribution < -0.4 is 15.6 Å². The van der Waals surface area contributed by atoms with Crippen LogP contribution in [0.5, 0.6) is 0 Å². The number of cyclic esters (lactones) is 1. The maximum atomic E-state index is 14.7. The van der Waals surface area contributed by atoms with Gasteiger partial charge in [-0.25, -0.2) is 5.43 Å². The molecular formula is C50H70N8O7S. The minimum atomic E-state index is -1.05. The number of esters is 1. The van der Waals surface area contributed by atoms with E-state index in [4.69, 9.17) is 28.9 Å². The number of fused-ring (bicyclic) bond motifs is 5. The molecule has 2 saturated heterocycles. The van der Waals surface area contributed by atoms with E-state index >= 15 is 0 Å². The predicted molar refractivity (Wildman–Crippen MR) is 257 cm³/mol. The molecule has 8 atom stereocenters. The lowest BCUT2D eigenvalue weighted by Crippen LogP contribution is -2.63. The molecule has 1 spiro atoms. The zero-order valence-electron chi connectivity index (χ0n) is 40.1. The van der Waals surface area contributed by atoms with Gasteiger partial charge < -0.3 is 38.6 Å². The standard InChI is InChI=1S/C50H70N8O7S/c1-9-63-45-43(53-46(59)41-30(4)31(41)5)48(60)58-16-10-11-38(54-58)49(61)65-28-50(14-15-50)25-37-35-23-33(39-27-66-47(45)52-39)12-13-40(35)57(21-22-64-29(2)3)44(37)36-24-34(26-51-42(36)32(6)62-8)56-19-17-55(7)18-20-56/h12-13,23-24,26,29-32,38-39,41,43,45,54H,9-11,14-22,25,27-28H2,1-8H3,(H,53,59)/t30-,31+,32-,38-,39?,41?,43-,45-/m0/s1. The fourth-order valence-corrected chi connectivity index (χ4v) is 11.6. The van der Waals surface area contributed by atoms with Gasteiger partial charge in [-0.15, -0.1) is 11.8 Å². The molecule has 9 rings (SSSR count). The molecule has 2 amide bonds. The number of likely N-dealkylation sites (N-methyl/N-ethyl adjacent to an activating group) is 1. The molecule has 358 valence electrons. The van der Waals surface area contributed by atoms with Crippen molar-refractivity contribution >= 4 is 51.2 Å². The number of hydrogen-bond acceptors (Lipinski definition) is 13. The van der Waals surface area contributed by atoms with Gasteiger partial charge in [0, 0.05) is 86.5 Å². The number of nitrogens with one attached hydrogen (secondary N) is 2. The number of thioether (sulfide) groups is 1. The number of aromatic nitrogens is 2. The number of pyridine rings is 1. The Balaban J connectivity index is 1.20. The molecular weight excluding hydrogens is 857 g/mol. The molecule has 0 radical (unpaired) electrons. The summed E-state index contributed by atoms with van der Waals surface area (Å²) in [6.07, 6.45) is 4.62. The van der Waals surface area contributed by atoms with Gasteiger partial charge in [-0.05, 0) is 108 Å². The van der Waals surface area contributed by atoms with Gasteiger partial charge in [-0.2, -0.15) is 0 Å². The summed E-state index contributed by atoms with van der Waals surface area (Å²) in [6.45, 7) is 18.1. The molecule has 6 bridgehead atoms. The van der Waals surface area contributed by atoms with Crippen molar-refractivity contribution in [1.29, 1.82) is 0 Å². The summed E-state index contributed by atoms with van der Waals surface area (Å²) in [7, 11) is 3.91. The maximum Gasteiger partial charge on any atom is 0.324 e. The number of ether oxygens (including phenoxy) is 4. The smallest absolute Gasteiger partial charge is 0.324 e. The highest BCUT2D eigenvalue weighted by Crippen LogP contribution is 2.52. The average molecular weight is 927 g/mol. The molecule has 6 heterocycles. The van der Waals surface area contributed by atoms with Crippen LogP contribution >= 0.6 is 11.8 Å². The van der Waals surface area contributed by atoms with Gasteiger partial charge in [0.1, 0.15) is 23.2 Å². The lowest BCUT2D eigenvalue weighted by Gasteiger charge is -2.37. The van der Waals surface area contributed by atoms with Gasteiger partial charge in [0.15, 0.2) is 0 Å². The number of benzene rings is 1. The Hall–Kier alpha value is -4.06. The molecule has 1 aromatic carbocycles. The van der Waals surface area contributed by atoms with Gasteiger partial charge in [0.25, 0.3) is 5.91 Å². The summed E-state index contributed by atoms with van der Waals surface area (Å²) in [4.78, 5) is 58.0. The Morgan fingerprint density at radius 3 is 2.55 bits per heavy atom. The van der Waals surface area contributed by atoms with E-state index in [0.29, 0.717) is 56.4 Å². The van der Waals surface area contributed by atoms with Crippen LogP contribution in [-0.2, 0) is 46.3 Å². The number of aliphatic imine (C=N–C) groups is 1. The summed E-state index contributed by atoms with van der Waals surface area (Å²) < 4.78 is 27.5. The molecule has 16 heteroatoms. The number of methoxy groups -OCH3 is 1. The van der Waals surface area contributed by atoms with Gasteiger partial charge in [-0.3, -0.25) is 29.4 Å². The lowest BCUT2D eigenvalue weighted by molar-refractivity contribution is -0.155. The van der Waals surface area contributed by atoms with Crippen LogP contribution in [0.25, 0.3) is 22.2 Å². The van der Waals surface area contributed by atoms with E-state index in [9.17, 15) is 14.4 Å². The molecule has 4 fully saturated rings. The SMILES string of the molecule is CCO[C@@H]1C2=NC(CS2)c2ccc3c(c2)c(c(-c2cc(N4CCN(C)CC4)cnc2[C@H](C)OC)n3CCOC(C)C)CC2(CC2)COC(=O)[C@@H]2CCCN(N2)C(=O)[C@H]1NC(=O)C1[C@@H](C)[C@H]1C. The lowest BCUT2D eigenvalue weighted by atomic mass is 9.91. The molecule has 66 heavy (non-hydrogen) atoms. The summed E-state index contributed by atoms with van der Waals surface area (Å²) in [5.41, 5.74) is 10.4. The minimum Gasteiger partial charge on any atom is -0.464 e. The number of anilines is 1. The number of carbonyl (C=O) groups is 3. The number of rotatable bonds is 12. The van der Waals surface area contributed by atoms with Crippen molar-refractivity contribution in [1.82, 2.24) is 30.2 Å². The second-order valence-corrected chi connectivity index (χ2v) is 21.0. The van der Waals surface area contributed by atoms with Crippen molar-refractivity contribution in [3.63, 3.8) is 0 Å². The zero-order chi connectivity index (χ0) is 46.4. The molecule has 6 aliphatic rings. The average Bonchev–Trinajstić information content (AvgIpc) is 4.09. The highest BCUT2D eigenvalue weighted by Gasteiger charge is 2.51. The maximum absolute atomic E-state index is 14.7. The second kappa shape index (κ2) is 19.5. The third-order valence-corrected chi connectivity index (χ3v) is 16.2. The van der Waals surface area contributed by atoms with E-state index < -0.39 is 18.2 Å². The van der Waals surface area contributed by atoms with Crippen LogP contribution in [-0.4, -0.2) is 139 Å². The Bertz CT molecular complexity index is 2320. The van der Waals surface area contributed by atoms with Crippen LogP contribution in [0.4, 0.5) is 5.69 Å². The van der Waals surface area contributed by atoms with E-state index in [1.54, 1.807) is 18.9 Å². The molecule has 2 aromatic heterocycles. The Morgan fingerprint density at radius 1 is 1.08 bits per heavy atom. The summed E-state index contributed by atoms with van der Waals surface area (Å²) in [6, 6.07) is 7.07. The van der Waals surface area contributed by atoms with Crippen LogP contribution in [0.2, 0.25) is 0 Å². The van der Waals surface area contributed by atoms with E-state index in [0.717, 1.165) is 78.1 Å². The molecule has 4 aliphatic heterocycles. The quantitative estimate of drug-likeness (QED) is 0.207. The number of amides is 2. The monoisotopic (exact) mass is 927 g/mol. The fraction of sp³-hybridized carbons (Fsp3) is 0.660. The number of hydrazine groups is 1. The van der Waals surface area contributed by atoms with Crippen LogP contribution in [0.15, 0.2) is 35.5 Å². The third-order valence-electron chi connectivity index (χ3n) is 15.1. The molecule has 2 saturated carbocycles. The summed E-state index contributed by atoms with van der Waals surface area (Å²) in [5, 5.41) is 6.44. The molecule has 15 nitrogen and oxygen atoms in total. The highest BCUT2D eigenvalue weighted by molar-refractivity contribution is 8.14. The molecule has 2 unspecified atom stereocenters. The van der Waals surface area contributed by atoms with Gasteiger partial charge >= 0.3 is 5.97 Å². The molecule has 2 aliphatic carbocycles. The van der Waals surface area contributed by atoms with Gasteiger partial charge in [-0.1, -0.05) is 19.9 Å². The van der Waals surface area contributed by atoms with Crippen molar-refractivity contribution in [2.24, 2.45) is 28.2 Å². The van der Waals surface area contributed by atoms with Crippen LogP contribution in [0.1, 0.15) is 96.2 Å². The number of nitrogens with zero attached hydrogens (tertiary/aromatic N) is 6. The van der Waals surface area contributed by atoms with Crippen LogP contribution in [0.3, 0.4) is 0 Å². The highest BCUT2D eigenvalue weighted by atomic mass is 32.2. The van der Waals surface area contributed by atoms with Crippen molar-refractivity contribution in [3.05, 3.63) is 47.3 Å². The first-order chi connectivity index (χ1) is 31.8. The Kier molecular flexibility index (Phi) is 13.9.